The highest BCUT2D eigenvalue weighted by Crippen LogP contribution is 2.41. The predicted octanol–water partition coefficient (Wildman–Crippen LogP) is 5.70. The van der Waals surface area contributed by atoms with Crippen LogP contribution in [0.1, 0.15) is 42.7 Å². The lowest BCUT2D eigenvalue weighted by Crippen LogP contribution is -2.40. The Morgan fingerprint density at radius 1 is 0.879 bits per heavy atom. The van der Waals surface area contributed by atoms with Crippen molar-refractivity contribution in [2.24, 2.45) is 0 Å². The molecule has 1 aliphatic heterocycles. The number of rotatable bonds is 8. The van der Waals surface area contributed by atoms with Crippen molar-refractivity contribution in [3.05, 3.63) is 77.9 Å². The van der Waals surface area contributed by atoms with Gasteiger partial charge in [-0.3, -0.25) is 4.79 Å². The zero-order chi connectivity index (χ0) is 23.2. The third-order valence-corrected chi connectivity index (χ3v) is 5.49. The van der Waals surface area contributed by atoms with Gasteiger partial charge in [-0.1, -0.05) is 42.5 Å². The van der Waals surface area contributed by atoms with E-state index in [-0.39, 0.29) is 11.9 Å². The number of nitrogens with zero attached hydrogens (tertiary/aromatic N) is 1. The summed E-state index contributed by atoms with van der Waals surface area (Å²) in [6, 6.07) is 21.5. The van der Waals surface area contributed by atoms with Gasteiger partial charge in [-0.15, -0.1) is 0 Å². The fourth-order valence-electron chi connectivity index (χ4n) is 4.08. The highest BCUT2D eigenvalue weighted by Gasteiger charge is 2.30. The van der Waals surface area contributed by atoms with E-state index < -0.39 is 0 Å². The number of nitrogens with one attached hydrogen (secondary N) is 1. The summed E-state index contributed by atoms with van der Waals surface area (Å²) in [6.45, 7) is 7.60. The fourth-order valence-corrected chi connectivity index (χ4v) is 4.08. The summed E-state index contributed by atoms with van der Waals surface area (Å²) in [5.41, 5.74) is 3.39. The van der Waals surface area contributed by atoms with E-state index in [0.29, 0.717) is 49.2 Å². The average molecular weight is 447 g/mol. The minimum atomic E-state index is -0.116. The van der Waals surface area contributed by atoms with Gasteiger partial charge in [0.05, 0.1) is 43.8 Å². The molecule has 1 heterocycles. The standard InChI is InChI=1S/C27H30N2O4/c1-4-31-24-16-20(17-25(32-5-2)26(24)33-6-3)27(30)29-18-22(19-12-8-7-9-13-19)28-21-14-10-11-15-23(21)29/h7-17,22,28H,4-6,18H2,1-3H3. The maximum Gasteiger partial charge on any atom is 0.258 e. The van der Waals surface area contributed by atoms with Gasteiger partial charge in [0.1, 0.15) is 0 Å². The summed E-state index contributed by atoms with van der Waals surface area (Å²) in [4.78, 5) is 15.7. The number of hydrogen-bond acceptors (Lipinski definition) is 5. The lowest BCUT2D eigenvalue weighted by atomic mass is 10.0. The zero-order valence-electron chi connectivity index (χ0n) is 19.3. The number of anilines is 2. The van der Waals surface area contributed by atoms with Crippen LogP contribution in [0.2, 0.25) is 0 Å². The van der Waals surface area contributed by atoms with Gasteiger partial charge in [-0.2, -0.15) is 0 Å². The summed E-state index contributed by atoms with van der Waals surface area (Å²) < 4.78 is 17.5. The lowest BCUT2D eigenvalue weighted by molar-refractivity contribution is 0.0984. The molecule has 0 radical (unpaired) electrons. The van der Waals surface area contributed by atoms with Crippen molar-refractivity contribution in [3.63, 3.8) is 0 Å². The fraction of sp³-hybridized carbons (Fsp3) is 0.296. The van der Waals surface area contributed by atoms with E-state index in [9.17, 15) is 4.79 Å². The van der Waals surface area contributed by atoms with Gasteiger partial charge >= 0.3 is 0 Å². The third-order valence-electron chi connectivity index (χ3n) is 5.49. The topological polar surface area (TPSA) is 60.0 Å². The third kappa shape index (κ3) is 4.75. The summed E-state index contributed by atoms with van der Waals surface area (Å²) >= 11 is 0. The summed E-state index contributed by atoms with van der Waals surface area (Å²) in [6.07, 6.45) is 0. The highest BCUT2D eigenvalue weighted by molar-refractivity contribution is 6.09. The van der Waals surface area contributed by atoms with Crippen LogP contribution in [0.15, 0.2) is 66.7 Å². The van der Waals surface area contributed by atoms with E-state index in [1.807, 2.05) is 68.1 Å². The zero-order valence-corrected chi connectivity index (χ0v) is 19.3. The summed E-state index contributed by atoms with van der Waals surface area (Å²) in [5, 5.41) is 3.58. The molecule has 3 aromatic rings. The van der Waals surface area contributed by atoms with Crippen LogP contribution in [0.25, 0.3) is 0 Å². The molecule has 3 aromatic carbocycles. The Kier molecular flexibility index (Phi) is 7.03. The Hall–Kier alpha value is -3.67. The molecule has 0 saturated carbocycles. The Morgan fingerprint density at radius 3 is 2.12 bits per heavy atom. The van der Waals surface area contributed by atoms with Gasteiger partial charge in [0, 0.05) is 5.56 Å². The molecular weight excluding hydrogens is 416 g/mol. The van der Waals surface area contributed by atoms with Crippen LogP contribution in [0.3, 0.4) is 0 Å². The summed E-state index contributed by atoms with van der Waals surface area (Å²) in [5.74, 6) is 1.43. The Bertz CT molecular complexity index is 1070. The Morgan fingerprint density at radius 2 is 1.48 bits per heavy atom. The van der Waals surface area contributed by atoms with Crippen molar-refractivity contribution in [2.75, 3.05) is 36.6 Å². The largest absolute Gasteiger partial charge is 0.490 e. The maximum atomic E-state index is 13.9. The van der Waals surface area contributed by atoms with Crippen LogP contribution < -0.4 is 24.4 Å². The first-order valence-corrected chi connectivity index (χ1v) is 11.4. The summed E-state index contributed by atoms with van der Waals surface area (Å²) in [7, 11) is 0. The number of ether oxygens (including phenoxy) is 3. The molecule has 6 nitrogen and oxygen atoms in total. The van der Waals surface area contributed by atoms with E-state index in [0.717, 1.165) is 16.9 Å². The molecule has 172 valence electrons. The van der Waals surface area contributed by atoms with Gasteiger partial charge in [0.15, 0.2) is 11.5 Å². The van der Waals surface area contributed by atoms with Gasteiger partial charge in [0.25, 0.3) is 5.91 Å². The number of carbonyl (C=O) groups is 1. The van der Waals surface area contributed by atoms with E-state index in [2.05, 4.69) is 17.4 Å². The number of amides is 1. The van der Waals surface area contributed by atoms with Crippen molar-refractivity contribution in [1.82, 2.24) is 0 Å². The van der Waals surface area contributed by atoms with Gasteiger partial charge < -0.3 is 24.4 Å². The van der Waals surface area contributed by atoms with Crippen LogP contribution in [0.5, 0.6) is 17.2 Å². The number of fused-ring (bicyclic) bond motifs is 1. The molecule has 0 aromatic heterocycles. The number of carbonyl (C=O) groups excluding carboxylic acids is 1. The van der Waals surface area contributed by atoms with Crippen molar-refractivity contribution >= 4 is 17.3 Å². The minimum absolute atomic E-state index is 0.0227. The second-order valence-corrected chi connectivity index (χ2v) is 7.64. The highest BCUT2D eigenvalue weighted by atomic mass is 16.5. The van der Waals surface area contributed by atoms with E-state index in [4.69, 9.17) is 14.2 Å². The smallest absolute Gasteiger partial charge is 0.258 e. The molecule has 33 heavy (non-hydrogen) atoms. The molecular formula is C27H30N2O4. The SMILES string of the molecule is CCOc1cc(C(=O)N2CC(c3ccccc3)Nc3ccccc32)cc(OCC)c1OCC. The average Bonchev–Trinajstić information content (AvgIpc) is 2.85. The second-order valence-electron chi connectivity index (χ2n) is 7.64. The molecule has 4 rings (SSSR count). The molecule has 1 aliphatic rings. The Labute approximate surface area is 195 Å². The number of benzene rings is 3. The Balaban J connectivity index is 1.75. The molecule has 1 atom stereocenters. The first-order chi connectivity index (χ1) is 16.2. The van der Waals surface area contributed by atoms with Gasteiger partial charge in [-0.25, -0.2) is 0 Å². The number of para-hydroxylation sites is 2. The normalized spacial score (nSPS) is 14.8. The molecule has 0 saturated heterocycles. The molecule has 1 unspecified atom stereocenters. The molecule has 6 heteroatoms. The quantitative estimate of drug-likeness (QED) is 0.481. The molecule has 0 bridgehead atoms. The minimum Gasteiger partial charge on any atom is -0.490 e. The molecule has 0 aliphatic carbocycles. The molecule has 0 fully saturated rings. The van der Waals surface area contributed by atoms with Crippen molar-refractivity contribution < 1.29 is 19.0 Å². The van der Waals surface area contributed by atoms with E-state index in [1.165, 1.54) is 0 Å². The van der Waals surface area contributed by atoms with E-state index in [1.54, 1.807) is 12.1 Å². The van der Waals surface area contributed by atoms with Gasteiger partial charge in [-0.05, 0) is 50.6 Å². The van der Waals surface area contributed by atoms with Crippen LogP contribution in [-0.4, -0.2) is 32.3 Å². The van der Waals surface area contributed by atoms with Gasteiger partial charge in [0.2, 0.25) is 5.75 Å². The monoisotopic (exact) mass is 446 g/mol. The first-order valence-electron chi connectivity index (χ1n) is 11.4. The molecule has 1 N–H and O–H groups in total. The van der Waals surface area contributed by atoms with E-state index >= 15 is 0 Å². The molecule has 0 spiro atoms. The lowest BCUT2D eigenvalue weighted by Gasteiger charge is -2.36. The van der Waals surface area contributed by atoms with Crippen LogP contribution in [0, 0.1) is 0 Å². The van der Waals surface area contributed by atoms with Crippen molar-refractivity contribution in [1.29, 1.82) is 0 Å². The van der Waals surface area contributed by atoms with Crippen molar-refractivity contribution in [2.45, 2.75) is 26.8 Å². The van der Waals surface area contributed by atoms with Crippen LogP contribution in [0.4, 0.5) is 11.4 Å². The number of hydrogen-bond donors (Lipinski definition) is 1. The van der Waals surface area contributed by atoms with Crippen molar-refractivity contribution in [3.8, 4) is 17.2 Å². The molecule has 1 amide bonds. The van der Waals surface area contributed by atoms with Crippen LogP contribution in [-0.2, 0) is 0 Å². The first kappa shape index (κ1) is 22.5. The maximum absolute atomic E-state index is 13.9. The predicted molar refractivity (Wildman–Crippen MR) is 131 cm³/mol. The second kappa shape index (κ2) is 10.3. The van der Waals surface area contributed by atoms with Crippen LogP contribution >= 0.6 is 0 Å².